The number of benzene rings is 1. The Morgan fingerprint density at radius 2 is 1.92 bits per heavy atom. The van der Waals surface area contributed by atoms with E-state index in [1.807, 2.05) is 0 Å². The number of amides is 1. The fraction of sp³-hybridized carbons (Fsp3) is 0.632. The molecule has 4 atom stereocenters. The number of nitrogens with one attached hydrogen (secondary N) is 2. The smallest absolute Gasteiger partial charge is 0.240 e. The first-order valence-corrected chi connectivity index (χ1v) is 10.7. The Kier molecular flexibility index (Phi) is 5.49. The highest BCUT2D eigenvalue weighted by atomic mass is 32.2. The zero-order valence-electron chi connectivity index (χ0n) is 15.0. The minimum absolute atomic E-state index is 0.0854. The van der Waals surface area contributed by atoms with Crippen molar-refractivity contribution in [1.82, 2.24) is 10.0 Å². The van der Waals surface area contributed by atoms with Crippen LogP contribution in [0, 0.1) is 17.8 Å². The third kappa shape index (κ3) is 4.23. The molecular weight excluding hydrogens is 336 g/mol. The molecule has 3 rings (SSSR count). The van der Waals surface area contributed by atoms with Crippen molar-refractivity contribution in [2.45, 2.75) is 56.4 Å². The fourth-order valence-corrected chi connectivity index (χ4v) is 5.28. The van der Waals surface area contributed by atoms with Crippen LogP contribution in [-0.4, -0.2) is 27.4 Å². The monoisotopic (exact) mass is 364 g/mol. The maximum Gasteiger partial charge on any atom is 0.240 e. The van der Waals surface area contributed by atoms with Crippen LogP contribution in [-0.2, 0) is 21.2 Å². The first-order valence-electron chi connectivity index (χ1n) is 9.21. The summed E-state index contributed by atoms with van der Waals surface area (Å²) >= 11 is 0. The highest BCUT2D eigenvalue weighted by Gasteiger charge is 2.42. The summed E-state index contributed by atoms with van der Waals surface area (Å²) in [6.07, 6.45) is 6.39. The molecule has 6 heteroatoms. The molecule has 0 spiro atoms. The van der Waals surface area contributed by atoms with E-state index in [4.69, 9.17) is 0 Å². The van der Waals surface area contributed by atoms with Crippen LogP contribution in [0.1, 0.15) is 44.6 Å². The van der Waals surface area contributed by atoms with Crippen molar-refractivity contribution in [3.05, 3.63) is 29.8 Å². The lowest BCUT2D eigenvalue weighted by Gasteiger charge is -2.28. The Morgan fingerprint density at radius 1 is 1.20 bits per heavy atom. The first-order chi connectivity index (χ1) is 11.9. The predicted octanol–water partition coefficient (Wildman–Crippen LogP) is 2.47. The van der Waals surface area contributed by atoms with Gasteiger partial charge in [-0.2, -0.15) is 0 Å². The van der Waals surface area contributed by atoms with Crippen molar-refractivity contribution in [2.75, 3.05) is 7.05 Å². The summed E-state index contributed by atoms with van der Waals surface area (Å²) < 4.78 is 25.7. The van der Waals surface area contributed by atoms with Gasteiger partial charge in [0.05, 0.1) is 4.90 Å². The van der Waals surface area contributed by atoms with E-state index in [9.17, 15) is 13.2 Å². The van der Waals surface area contributed by atoms with E-state index >= 15 is 0 Å². The van der Waals surface area contributed by atoms with Crippen molar-refractivity contribution in [2.24, 2.45) is 17.8 Å². The van der Waals surface area contributed by atoms with Gasteiger partial charge in [0, 0.05) is 12.5 Å². The van der Waals surface area contributed by atoms with Gasteiger partial charge in [-0.25, -0.2) is 13.1 Å². The highest BCUT2D eigenvalue weighted by Crippen LogP contribution is 2.49. The third-order valence-electron chi connectivity index (χ3n) is 5.97. The number of aryl methyl sites for hydroxylation is 1. The molecule has 25 heavy (non-hydrogen) atoms. The van der Waals surface area contributed by atoms with E-state index in [1.54, 1.807) is 24.3 Å². The zero-order valence-corrected chi connectivity index (χ0v) is 15.8. The molecule has 0 aromatic heterocycles. The molecule has 1 aromatic carbocycles. The molecule has 138 valence electrons. The summed E-state index contributed by atoms with van der Waals surface area (Å²) in [5.74, 6) is 2.43. The minimum Gasteiger partial charge on any atom is -0.353 e. The molecule has 1 aromatic rings. The number of hydrogen-bond donors (Lipinski definition) is 2. The van der Waals surface area contributed by atoms with E-state index in [1.165, 1.54) is 32.7 Å². The zero-order chi connectivity index (χ0) is 18.0. The lowest BCUT2D eigenvalue weighted by Crippen LogP contribution is -2.40. The molecule has 2 N–H and O–H groups in total. The second-order valence-corrected chi connectivity index (χ2v) is 9.43. The summed E-state index contributed by atoms with van der Waals surface area (Å²) in [7, 11) is -2.01. The number of hydrogen-bond acceptors (Lipinski definition) is 3. The van der Waals surface area contributed by atoms with Crippen molar-refractivity contribution < 1.29 is 13.2 Å². The standard InChI is InChI=1S/C19H28N2O3S/c1-13(18-12-15-3-7-16(18)11-15)21-19(22)10-6-14-4-8-17(9-5-14)25(23,24)20-2/h4-5,8-9,13,15-16,18,20H,3,6-7,10-12H2,1-2H3,(H,21,22). The lowest BCUT2D eigenvalue weighted by molar-refractivity contribution is -0.122. The third-order valence-corrected chi connectivity index (χ3v) is 7.40. The lowest BCUT2D eigenvalue weighted by atomic mass is 9.84. The maximum atomic E-state index is 12.2. The Bertz CT molecular complexity index is 715. The number of fused-ring (bicyclic) bond motifs is 2. The van der Waals surface area contributed by atoms with Gasteiger partial charge in [0.1, 0.15) is 0 Å². The van der Waals surface area contributed by atoms with Crippen LogP contribution in [0.3, 0.4) is 0 Å². The molecule has 2 bridgehead atoms. The van der Waals surface area contributed by atoms with Crippen LogP contribution in [0.2, 0.25) is 0 Å². The van der Waals surface area contributed by atoms with Gasteiger partial charge < -0.3 is 5.32 Å². The predicted molar refractivity (Wildman–Crippen MR) is 97.6 cm³/mol. The van der Waals surface area contributed by atoms with Crippen LogP contribution < -0.4 is 10.0 Å². The summed E-state index contributed by atoms with van der Waals surface area (Å²) in [6.45, 7) is 2.14. The summed E-state index contributed by atoms with van der Waals surface area (Å²) in [4.78, 5) is 12.5. The van der Waals surface area contributed by atoms with Crippen LogP contribution in [0.15, 0.2) is 29.2 Å². The molecule has 2 aliphatic rings. The number of rotatable bonds is 7. The number of sulfonamides is 1. The molecule has 0 aliphatic heterocycles. The van der Waals surface area contributed by atoms with E-state index in [2.05, 4.69) is 17.0 Å². The largest absolute Gasteiger partial charge is 0.353 e. The topological polar surface area (TPSA) is 75.3 Å². The van der Waals surface area contributed by atoms with Crippen LogP contribution in [0.5, 0.6) is 0 Å². The van der Waals surface area contributed by atoms with E-state index in [0.717, 1.165) is 17.4 Å². The molecule has 2 fully saturated rings. The van der Waals surface area contributed by atoms with E-state index in [-0.39, 0.29) is 16.8 Å². The van der Waals surface area contributed by atoms with E-state index < -0.39 is 10.0 Å². The van der Waals surface area contributed by atoms with Gasteiger partial charge in [-0.3, -0.25) is 4.79 Å². The molecule has 5 nitrogen and oxygen atoms in total. The molecule has 0 radical (unpaired) electrons. The Morgan fingerprint density at radius 3 is 2.48 bits per heavy atom. The quantitative estimate of drug-likeness (QED) is 0.780. The minimum atomic E-state index is -3.41. The van der Waals surface area contributed by atoms with Gasteiger partial charge in [0.15, 0.2) is 0 Å². The molecule has 0 heterocycles. The second-order valence-electron chi connectivity index (χ2n) is 7.55. The van der Waals surface area contributed by atoms with Crippen molar-refractivity contribution in [1.29, 1.82) is 0 Å². The van der Waals surface area contributed by atoms with Gasteiger partial charge in [-0.1, -0.05) is 18.6 Å². The summed E-state index contributed by atoms with van der Waals surface area (Å²) in [5.41, 5.74) is 0.970. The second kappa shape index (κ2) is 7.46. The first kappa shape index (κ1) is 18.4. The highest BCUT2D eigenvalue weighted by molar-refractivity contribution is 7.89. The van der Waals surface area contributed by atoms with Gasteiger partial charge in [-0.05, 0) is 75.1 Å². The Hall–Kier alpha value is -1.40. The van der Waals surface area contributed by atoms with Crippen LogP contribution in [0.4, 0.5) is 0 Å². The van der Waals surface area contributed by atoms with Crippen molar-refractivity contribution in [3.63, 3.8) is 0 Å². The molecule has 2 aliphatic carbocycles. The molecule has 0 saturated heterocycles. The Labute approximate surface area is 150 Å². The van der Waals surface area contributed by atoms with Crippen LogP contribution in [0.25, 0.3) is 0 Å². The van der Waals surface area contributed by atoms with Crippen LogP contribution >= 0.6 is 0 Å². The van der Waals surface area contributed by atoms with Gasteiger partial charge >= 0.3 is 0 Å². The van der Waals surface area contributed by atoms with Gasteiger partial charge in [0.2, 0.25) is 15.9 Å². The normalized spacial score (nSPS) is 26.6. The molecule has 2 saturated carbocycles. The molecule has 4 unspecified atom stereocenters. The maximum absolute atomic E-state index is 12.2. The van der Waals surface area contributed by atoms with Crippen molar-refractivity contribution in [3.8, 4) is 0 Å². The van der Waals surface area contributed by atoms with Gasteiger partial charge in [0.25, 0.3) is 0 Å². The van der Waals surface area contributed by atoms with E-state index in [0.29, 0.717) is 18.8 Å². The fourth-order valence-electron chi connectivity index (χ4n) is 4.55. The SMILES string of the molecule is CNS(=O)(=O)c1ccc(CCC(=O)NC(C)C2CC3CCC2C3)cc1. The van der Waals surface area contributed by atoms with Crippen molar-refractivity contribution >= 4 is 15.9 Å². The Balaban J connectivity index is 1.47. The average Bonchev–Trinajstić information content (AvgIpc) is 3.23. The number of carbonyl (C=O) groups excluding carboxylic acids is 1. The number of carbonyl (C=O) groups is 1. The molecule has 1 amide bonds. The molecular formula is C19H28N2O3S. The van der Waals surface area contributed by atoms with Gasteiger partial charge in [-0.15, -0.1) is 0 Å². The summed E-state index contributed by atoms with van der Waals surface area (Å²) in [5, 5.41) is 3.18. The summed E-state index contributed by atoms with van der Waals surface area (Å²) in [6, 6.07) is 6.97. The average molecular weight is 365 g/mol.